The molecular formula is C8H9Pd-. The van der Waals surface area contributed by atoms with Crippen molar-refractivity contribution in [2.45, 2.75) is 12.8 Å². The van der Waals surface area contributed by atoms with Gasteiger partial charge in [-0.25, -0.2) is 12.2 Å². The molecule has 0 bridgehead atoms. The molecule has 0 unspecified atom stereocenters. The topological polar surface area (TPSA) is 0 Å². The first-order chi connectivity index (χ1) is 3.93. The van der Waals surface area contributed by atoms with Gasteiger partial charge in [-0.05, 0) is 6.42 Å². The van der Waals surface area contributed by atoms with Crippen molar-refractivity contribution in [1.29, 1.82) is 0 Å². The van der Waals surface area contributed by atoms with Crippen molar-refractivity contribution in [2.24, 2.45) is 0 Å². The van der Waals surface area contributed by atoms with Gasteiger partial charge in [-0.15, -0.1) is 13.0 Å². The molecule has 52 valence electrons. The van der Waals surface area contributed by atoms with Crippen molar-refractivity contribution < 1.29 is 20.4 Å². The maximum absolute atomic E-state index is 3.64. The average molecular weight is 212 g/mol. The van der Waals surface area contributed by atoms with Crippen molar-refractivity contribution in [2.75, 3.05) is 0 Å². The molecule has 1 heteroatoms. The molecule has 0 aliphatic heterocycles. The zero-order chi connectivity index (χ0) is 5.82. The summed E-state index contributed by atoms with van der Waals surface area (Å²) in [6.07, 6.45) is 11.1. The van der Waals surface area contributed by atoms with Gasteiger partial charge in [0.15, 0.2) is 0 Å². The molecule has 1 aliphatic carbocycles. The molecule has 0 N–H and O–H groups in total. The summed E-state index contributed by atoms with van der Waals surface area (Å²) in [4.78, 5) is 0. The minimum absolute atomic E-state index is 0. The third kappa shape index (κ3) is 2.79. The van der Waals surface area contributed by atoms with Gasteiger partial charge in [0.05, 0.1) is 0 Å². The van der Waals surface area contributed by atoms with Gasteiger partial charge in [-0.1, -0.05) is 6.08 Å². The Morgan fingerprint density at radius 3 is 3.00 bits per heavy atom. The molecule has 0 saturated carbocycles. The number of hydrogen-bond acceptors (Lipinski definition) is 0. The zero-order valence-electron chi connectivity index (χ0n) is 5.17. The molecule has 1 aliphatic rings. The van der Waals surface area contributed by atoms with Crippen LogP contribution in [0.25, 0.3) is 0 Å². The van der Waals surface area contributed by atoms with Crippen molar-refractivity contribution >= 4 is 0 Å². The molecular weight excluding hydrogens is 203 g/mol. The SMILES string of the molecule is C=CCC1=CC=[C-]C1.[Pd]. The Balaban J connectivity index is 0.000000640. The van der Waals surface area contributed by atoms with Crippen LogP contribution in [0.3, 0.4) is 0 Å². The van der Waals surface area contributed by atoms with E-state index in [1.807, 2.05) is 12.2 Å². The van der Waals surface area contributed by atoms with E-state index in [-0.39, 0.29) is 20.4 Å². The van der Waals surface area contributed by atoms with E-state index in [2.05, 4.69) is 18.7 Å². The summed E-state index contributed by atoms with van der Waals surface area (Å²) < 4.78 is 0. The van der Waals surface area contributed by atoms with Gasteiger partial charge in [0.25, 0.3) is 0 Å². The molecule has 9 heavy (non-hydrogen) atoms. The smallest absolute Gasteiger partial charge is 0 e. The first-order valence-electron chi connectivity index (χ1n) is 2.79. The molecule has 0 saturated heterocycles. The summed E-state index contributed by atoms with van der Waals surface area (Å²) in [5.74, 6) is 0. The van der Waals surface area contributed by atoms with Gasteiger partial charge >= 0.3 is 0 Å². The predicted octanol–water partition coefficient (Wildman–Crippen LogP) is 2.25. The van der Waals surface area contributed by atoms with Crippen LogP contribution < -0.4 is 0 Å². The minimum Gasteiger partial charge on any atom is -0.273 e. The second-order valence-corrected chi connectivity index (χ2v) is 1.87. The van der Waals surface area contributed by atoms with Crippen molar-refractivity contribution in [3.63, 3.8) is 0 Å². The van der Waals surface area contributed by atoms with Crippen molar-refractivity contribution in [3.8, 4) is 0 Å². The second kappa shape index (κ2) is 4.73. The van der Waals surface area contributed by atoms with E-state index in [0.717, 1.165) is 12.8 Å². The monoisotopic (exact) mass is 211 g/mol. The van der Waals surface area contributed by atoms with E-state index in [1.165, 1.54) is 5.57 Å². The summed E-state index contributed by atoms with van der Waals surface area (Å²) in [6.45, 7) is 3.64. The fourth-order valence-corrected chi connectivity index (χ4v) is 0.751. The predicted molar refractivity (Wildman–Crippen MR) is 35.3 cm³/mol. The maximum atomic E-state index is 3.64. The molecule has 0 atom stereocenters. The molecule has 0 amide bonds. The fraction of sp³-hybridized carbons (Fsp3) is 0.250. The third-order valence-electron chi connectivity index (χ3n) is 1.17. The van der Waals surface area contributed by atoms with Crippen LogP contribution in [0.4, 0.5) is 0 Å². The van der Waals surface area contributed by atoms with E-state index in [0.29, 0.717) is 0 Å². The minimum atomic E-state index is 0. The first-order valence-corrected chi connectivity index (χ1v) is 2.79. The summed E-state index contributed by atoms with van der Waals surface area (Å²) in [7, 11) is 0. The molecule has 0 aromatic rings. The third-order valence-corrected chi connectivity index (χ3v) is 1.17. The van der Waals surface area contributed by atoms with Gasteiger partial charge in [0, 0.05) is 20.4 Å². The Hall–Kier alpha value is -0.118. The van der Waals surface area contributed by atoms with Gasteiger partial charge in [0.1, 0.15) is 0 Å². The van der Waals surface area contributed by atoms with E-state index >= 15 is 0 Å². The molecule has 0 fully saturated rings. The number of rotatable bonds is 2. The Morgan fingerprint density at radius 2 is 2.56 bits per heavy atom. The van der Waals surface area contributed by atoms with E-state index in [1.54, 1.807) is 0 Å². The normalized spacial score (nSPS) is 14.4. The fourth-order valence-electron chi connectivity index (χ4n) is 0.751. The van der Waals surface area contributed by atoms with Gasteiger partial charge < -0.3 is 0 Å². The van der Waals surface area contributed by atoms with Crippen LogP contribution in [0.1, 0.15) is 12.8 Å². The average Bonchev–Trinajstić information content (AvgIpc) is 2.19. The Morgan fingerprint density at radius 1 is 1.78 bits per heavy atom. The standard InChI is InChI=1S/C8H9.Pd/c1-2-5-8-6-3-4-7-8;/h2-3,6H,1,5,7H2;/q-1;. The first kappa shape index (κ1) is 8.88. The summed E-state index contributed by atoms with van der Waals surface area (Å²) in [5.41, 5.74) is 1.42. The van der Waals surface area contributed by atoms with E-state index in [4.69, 9.17) is 0 Å². The Labute approximate surface area is 70.0 Å². The van der Waals surface area contributed by atoms with Crippen molar-refractivity contribution in [3.05, 3.63) is 36.5 Å². The zero-order valence-corrected chi connectivity index (χ0v) is 6.72. The van der Waals surface area contributed by atoms with Gasteiger partial charge in [-0.3, -0.25) is 6.08 Å². The second-order valence-electron chi connectivity index (χ2n) is 1.87. The van der Waals surface area contributed by atoms with Crippen LogP contribution >= 0.6 is 0 Å². The van der Waals surface area contributed by atoms with E-state index < -0.39 is 0 Å². The molecule has 0 spiro atoms. The Kier molecular flexibility index (Phi) is 4.67. The van der Waals surface area contributed by atoms with Crippen LogP contribution in [0, 0.1) is 6.08 Å². The van der Waals surface area contributed by atoms with Gasteiger partial charge in [0.2, 0.25) is 0 Å². The maximum Gasteiger partial charge on any atom is 0 e. The molecule has 0 nitrogen and oxygen atoms in total. The van der Waals surface area contributed by atoms with Gasteiger partial charge in [-0.2, -0.15) is 5.57 Å². The molecule has 0 aromatic carbocycles. The summed E-state index contributed by atoms with van der Waals surface area (Å²) in [5, 5.41) is 0. The van der Waals surface area contributed by atoms with E-state index in [9.17, 15) is 0 Å². The summed E-state index contributed by atoms with van der Waals surface area (Å²) in [6, 6.07) is 0. The largest absolute Gasteiger partial charge is 0.273 e. The Bertz CT molecular complexity index is 143. The molecule has 0 radical (unpaired) electrons. The van der Waals surface area contributed by atoms with Crippen molar-refractivity contribution in [1.82, 2.24) is 0 Å². The van der Waals surface area contributed by atoms with Crippen LogP contribution in [0.15, 0.2) is 30.4 Å². The summed E-state index contributed by atoms with van der Waals surface area (Å²) >= 11 is 0. The molecule has 1 rings (SSSR count). The number of allylic oxidation sites excluding steroid dienone is 5. The molecule has 0 heterocycles. The molecule has 0 aromatic heterocycles. The quantitative estimate of drug-likeness (QED) is 0.373. The van der Waals surface area contributed by atoms with Crippen LogP contribution in [-0.4, -0.2) is 0 Å². The number of hydrogen-bond donors (Lipinski definition) is 0. The van der Waals surface area contributed by atoms with Crippen LogP contribution in [0.5, 0.6) is 0 Å². The van der Waals surface area contributed by atoms with Crippen LogP contribution in [-0.2, 0) is 20.4 Å². The van der Waals surface area contributed by atoms with Crippen LogP contribution in [0.2, 0.25) is 0 Å².